The summed E-state index contributed by atoms with van der Waals surface area (Å²) in [5, 5.41) is 2.86. The molecule has 0 bridgehead atoms. The molecule has 1 aromatic rings. The van der Waals surface area contributed by atoms with Crippen molar-refractivity contribution < 1.29 is 14.3 Å². The summed E-state index contributed by atoms with van der Waals surface area (Å²) in [6, 6.07) is 6.94. The van der Waals surface area contributed by atoms with Gasteiger partial charge >= 0.3 is 6.03 Å². The number of ketones is 1. The summed E-state index contributed by atoms with van der Waals surface area (Å²) in [7, 11) is 0. The number of morpholine rings is 1. The Morgan fingerprint density at radius 3 is 2.65 bits per heavy atom. The lowest BCUT2D eigenvalue weighted by molar-refractivity contribution is 0.0144. The molecular formula is C15H20N2O3. The van der Waals surface area contributed by atoms with E-state index in [0.29, 0.717) is 31.0 Å². The van der Waals surface area contributed by atoms with Gasteiger partial charge in [0.1, 0.15) is 0 Å². The van der Waals surface area contributed by atoms with Crippen LogP contribution in [0.1, 0.15) is 30.6 Å². The SMILES string of the molecule is CCC1COCCN1C(=O)Nc1ccc(C(C)=O)cc1. The molecule has 0 aliphatic carbocycles. The molecule has 0 saturated carbocycles. The lowest BCUT2D eigenvalue weighted by Gasteiger charge is -2.35. The van der Waals surface area contributed by atoms with Crippen LogP contribution in [0.2, 0.25) is 0 Å². The van der Waals surface area contributed by atoms with Gasteiger partial charge in [0.15, 0.2) is 5.78 Å². The standard InChI is InChI=1S/C15H20N2O3/c1-3-14-10-20-9-8-17(14)15(19)16-13-6-4-12(5-7-13)11(2)18/h4-7,14H,3,8-10H2,1-2H3,(H,16,19). The van der Waals surface area contributed by atoms with Crippen LogP contribution in [0.15, 0.2) is 24.3 Å². The Morgan fingerprint density at radius 2 is 2.05 bits per heavy atom. The predicted octanol–water partition coefficient (Wildman–Crippen LogP) is 2.53. The highest BCUT2D eigenvalue weighted by molar-refractivity contribution is 5.95. The topological polar surface area (TPSA) is 58.6 Å². The average molecular weight is 276 g/mol. The second-order valence-electron chi connectivity index (χ2n) is 4.89. The molecule has 1 fully saturated rings. The van der Waals surface area contributed by atoms with Gasteiger partial charge in [0.05, 0.1) is 19.3 Å². The highest BCUT2D eigenvalue weighted by atomic mass is 16.5. The van der Waals surface area contributed by atoms with Gasteiger partial charge in [0, 0.05) is 17.8 Å². The Hall–Kier alpha value is -1.88. The summed E-state index contributed by atoms with van der Waals surface area (Å²) in [5.74, 6) is 0.0158. The minimum absolute atomic E-state index is 0.0158. The highest BCUT2D eigenvalue weighted by Crippen LogP contribution is 2.15. The molecule has 1 aromatic carbocycles. The Morgan fingerprint density at radius 1 is 1.35 bits per heavy atom. The molecule has 1 N–H and O–H groups in total. The third-order valence-electron chi connectivity index (χ3n) is 3.50. The van der Waals surface area contributed by atoms with Crippen LogP contribution in [0.3, 0.4) is 0 Å². The predicted molar refractivity (Wildman–Crippen MR) is 77.1 cm³/mol. The number of ether oxygens (including phenoxy) is 1. The quantitative estimate of drug-likeness (QED) is 0.863. The smallest absolute Gasteiger partial charge is 0.322 e. The van der Waals surface area contributed by atoms with E-state index >= 15 is 0 Å². The van der Waals surface area contributed by atoms with Gasteiger partial charge in [-0.2, -0.15) is 0 Å². The first kappa shape index (κ1) is 14.5. The maximum Gasteiger partial charge on any atom is 0.322 e. The van der Waals surface area contributed by atoms with E-state index in [-0.39, 0.29) is 17.9 Å². The zero-order chi connectivity index (χ0) is 14.5. The van der Waals surface area contributed by atoms with E-state index in [0.717, 1.165) is 6.42 Å². The van der Waals surface area contributed by atoms with Gasteiger partial charge < -0.3 is 15.0 Å². The molecule has 2 rings (SSSR count). The number of hydrogen-bond acceptors (Lipinski definition) is 3. The van der Waals surface area contributed by atoms with Crippen LogP contribution < -0.4 is 5.32 Å². The minimum Gasteiger partial charge on any atom is -0.377 e. The van der Waals surface area contributed by atoms with Gasteiger partial charge in [-0.3, -0.25) is 4.79 Å². The molecule has 1 atom stereocenters. The summed E-state index contributed by atoms with van der Waals surface area (Å²) < 4.78 is 5.39. The van der Waals surface area contributed by atoms with Crippen LogP contribution in [-0.2, 0) is 4.74 Å². The molecular weight excluding hydrogens is 256 g/mol. The maximum absolute atomic E-state index is 12.2. The van der Waals surface area contributed by atoms with Crippen LogP contribution in [0.5, 0.6) is 0 Å². The number of nitrogens with zero attached hydrogens (tertiary/aromatic N) is 1. The van der Waals surface area contributed by atoms with Gasteiger partial charge in [0.25, 0.3) is 0 Å². The third-order valence-corrected chi connectivity index (χ3v) is 3.50. The zero-order valence-corrected chi connectivity index (χ0v) is 11.9. The monoisotopic (exact) mass is 276 g/mol. The van der Waals surface area contributed by atoms with Crippen LogP contribution >= 0.6 is 0 Å². The summed E-state index contributed by atoms with van der Waals surface area (Å²) in [4.78, 5) is 25.3. The lowest BCUT2D eigenvalue weighted by atomic mass is 10.1. The fourth-order valence-electron chi connectivity index (χ4n) is 2.24. The molecule has 1 saturated heterocycles. The fraction of sp³-hybridized carbons (Fsp3) is 0.467. The Bertz CT molecular complexity index is 484. The number of urea groups is 1. The summed E-state index contributed by atoms with van der Waals surface area (Å²) in [6.45, 7) is 5.34. The first-order chi connectivity index (χ1) is 9.61. The number of rotatable bonds is 3. The number of nitrogens with one attached hydrogen (secondary N) is 1. The van der Waals surface area contributed by atoms with Gasteiger partial charge in [-0.25, -0.2) is 4.79 Å². The van der Waals surface area contributed by atoms with Gasteiger partial charge in [-0.15, -0.1) is 0 Å². The molecule has 5 heteroatoms. The molecule has 20 heavy (non-hydrogen) atoms. The van der Waals surface area contributed by atoms with Crippen molar-refractivity contribution >= 4 is 17.5 Å². The van der Waals surface area contributed by atoms with Crippen molar-refractivity contribution in [2.75, 3.05) is 25.1 Å². The van der Waals surface area contributed by atoms with Gasteiger partial charge in [0.2, 0.25) is 0 Å². The van der Waals surface area contributed by atoms with Crippen molar-refractivity contribution in [3.05, 3.63) is 29.8 Å². The molecule has 0 radical (unpaired) electrons. The number of carbonyl (C=O) groups excluding carboxylic acids is 2. The number of amides is 2. The highest BCUT2D eigenvalue weighted by Gasteiger charge is 2.25. The van der Waals surface area contributed by atoms with Crippen molar-refractivity contribution in [2.24, 2.45) is 0 Å². The molecule has 1 aliphatic rings. The van der Waals surface area contributed by atoms with E-state index in [2.05, 4.69) is 5.32 Å². The zero-order valence-electron chi connectivity index (χ0n) is 11.9. The average Bonchev–Trinajstić information content (AvgIpc) is 2.47. The van der Waals surface area contributed by atoms with Crippen LogP contribution in [0.4, 0.5) is 10.5 Å². The molecule has 1 unspecified atom stereocenters. The second kappa shape index (κ2) is 6.52. The van der Waals surface area contributed by atoms with Gasteiger partial charge in [-0.05, 0) is 37.6 Å². The van der Waals surface area contributed by atoms with Crippen molar-refractivity contribution in [3.8, 4) is 0 Å². The summed E-state index contributed by atoms with van der Waals surface area (Å²) >= 11 is 0. The number of carbonyl (C=O) groups is 2. The summed E-state index contributed by atoms with van der Waals surface area (Å²) in [5.41, 5.74) is 1.34. The van der Waals surface area contributed by atoms with Gasteiger partial charge in [-0.1, -0.05) is 6.92 Å². The fourth-order valence-corrected chi connectivity index (χ4v) is 2.24. The second-order valence-corrected chi connectivity index (χ2v) is 4.89. The largest absolute Gasteiger partial charge is 0.377 e. The Kier molecular flexibility index (Phi) is 4.74. The third kappa shape index (κ3) is 3.36. The molecule has 0 spiro atoms. The van der Waals surface area contributed by atoms with Crippen molar-refractivity contribution in [2.45, 2.75) is 26.3 Å². The van der Waals surface area contributed by atoms with E-state index in [1.807, 2.05) is 11.8 Å². The maximum atomic E-state index is 12.2. The molecule has 108 valence electrons. The summed E-state index contributed by atoms with van der Waals surface area (Å²) in [6.07, 6.45) is 0.872. The number of benzene rings is 1. The van der Waals surface area contributed by atoms with Crippen LogP contribution in [-0.4, -0.2) is 42.5 Å². The first-order valence-corrected chi connectivity index (χ1v) is 6.88. The molecule has 1 heterocycles. The molecule has 2 amide bonds. The lowest BCUT2D eigenvalue weighted by Crippen LogP contribution is -2.50. The molecule has 1 aliphatic heterocycles. The molecule has 0 aromatic heterocycles. The van der Waals surface area contributed by atoms with Crippen molar-refractivity contribution in [1.29, 1.82) is 0 Å². The van der Waals surface area contributed by atoms with E-state index in [9.17, 15) is 9.59 Å². The van der Waals surface area contributed by atoms with Crippen molar-refractivity contribution in [3.63, 3.8) is 0 Å². The van der Waals surface area contributed by atoms with E-state index < -0.39 is 0 Å². The minimum atomic E-state index is -0.115. The van der Waals surface area contributed by atoms with E-state index in [4.69, 9.17) is 4.74 Å². The number of anilines is 1. The van der Waals surface area contributed by atoms with Crippen molar-refractivity contribution in [1.82, 2.24) is 4.90 Å². The molecule has 5 nitrogen and oxygen atoms in total. The Balaban J connectivity index is 2.01. The van der Waals surface area contributed by atoms with Crippen LogP contribution in [0.25, 0.3) is 0 Å². The normalized spacial score (nSPS) is 18.7. The Labute approximate surface area is 118 Å². The number of Topliss-reactive ketones (excluding diaryl/α,β-unsaturated/α-hetero) is 1. The van der Waals surface area contributed by atoms with Crippen LogP contribution in [0, 0.1) is 0 Å². The first-order valence-electron chi connectivity index (χ1n) is 6.88. The number of hydrogen-bond donors (Lipinski definition) is 1. The van der Waals surface area contributed by atoms with E-state index in [1.165, 1.54) is 6.92 Å². The van der Waals surface area contributed by atoms with E-state index in [1.54, 1.807) is 24.3 Å².